The number of nitrogens with one attached hydrogen (secondary N) is 2. The third-order valence-electron chi connectivity index (χ3n) is 1.72. The van der Waals surface area contributed by atoms with Gasteiger partial charge in [-0.3, -0.25) is 5.10 Å². The number of aryl methyl sites for hydroxylation is 2. The molecule has 0 aliphatic rings. The number of rotatable bonds is 3. The van der Waals surface area contributed by atoms with Gasteiger partial charge in [0, 0.05) is 6.04 Å². The summed E-state index contributed by atoms with van der Waals surface area (Å²) in [6.07, 6.45) is 0. The van der Waals surface area contributed by atoms with E-state index >= 15 is 0 Å². The smallest absolute Gasteiger partial charge is 0.244 e. The molecule has 2 N–H and O–H groups in total. The summed E-state index contributed by atoms with van der Waals surface area (Å²) in [5, 5.41) is 6.49. The molecule has 0 bridgehead atoms. The summed E-state index contributed by atoms with van der Waals surface area (Å²) >= 11 is 0. The number of aromatic nitrogens is 2. The monoisotopic (exact) mass is 217 g/mol. The second-order valence-corrected chi connectivity index (χ2v) is 5.19. The van der Waals surface area contributed by atoms with E-state index in [1.165, 1.54) is 0 Å². The Morgan fingerprint density at radius 3 is 2.29 bits per heavy atom. The van der Waals surface area contributed by atoms with Crippen LogP contribution in [0.4, 0.5) is 0 Å². The van der Waals surface area contributed by atoms with Gasteiger partial charge < -0.3 is 0 Å². The third-order valence-corrected chi connectivity index (χ3v) is 3.64. The van der Waals surface area contributed by atoms with Gasteiger partial charge in [0.15, 0.2) is 0 Å². The molecule has 0 aliphatic heterocycles. The van der Waals surface area contributed by atoms with Crippen molar-refractivity contribution in [3.05, 3.63) is 11.4 Å². The maximum absolute atomic E-state index is 11.8. The van der Waals surface area contributed by atoms with Gasteiger partial charge in [-0.15, -0.1) is 0 Å². The molecule has 0 unspecified atom stereocenters. The lowest BCUT2D eigenvalue weighted by molar-refractivity contribution is 0.568. The van der Waals surface area contributed by atoms with Crippen molar-refractivity contribution in [2.24, 2.45) is 0 Å². The largest absolute Gasteiger partial charge is 0.281 e. The summed E-state index contributed by atoms with van der Waals surface area (Å²) in [4.78, 5) is 0.256. The highest BCUT2D eigenvalue weighted by atomic mass is 32.2. The van der Waals surface area contributed by atoms with Crippen molar-refractivity contribution < 1.29 is 8.42 Å². The Hall–Kier alpha value is -0.880. The number of H-pyrrole nitrogens is 1. The van der Waals surface area contributed by atoms with Crippen molar-refractivity contribution in [3.63, 3.8) is 0 Å². The van der Waals surface area contributed by atoms with Crippen LogP contribution in [0.25, 0.3) is 0 Å². The van der Waals surface area contributed by atoms with E-state index in [1.54, 1.807) is 27.7 Å². The summed E-state index contributed by atoms with van der Waals surface area (Å²) < 4.78 is 26.1. The van der Waals surface area contributed by atoms with Crippen molar-refractivity contribution in [2.75, 3.05) is 0 Å². The normalized spacial score (nSPS) is 12.4. The van der Waals surface area contributed by atoms with Gasteiger partial charge in [-0.05, 0) is 27.7 Å². The molecule has 1 aromatic rings. The first kappa shape index (κ1) is 11.2. The molecule has 1 aromatic heterocycles. The van der Waals surface area contributed by atoms with E-state index in [9.17, 15) is 8.42 Å². The van der Waals surface area contributed by atoms with Crippen LogP contribution in [0.15, 0.2) is 4.90 Å². The molecule has 5 nitrogen and oxygen atoms in total. The maximum Gasteiger partial charge on any atom is 0.244 e. The number of hydrogen-bond donors (Lipinski definition) is 2. The molecule has 1 heterocycles. The van der Waals surface area contributed by atoms with Crippen molar-refractivity contribution in [1.82, 2.24) is 14.9 Å². The number of sulfonamides is 1. The Bertz CT molecular complexity index is 400. The molecule has 0 atom stereocenters. The SMILES string of the molecule is Cc1n[nH]c(C)c1S(=O)(=O)NC(C)C. The first-order chi connectivity index (χ1) is 6.34. The van der Waals surface area contributed by atoms with Gasteiger partial charge in [0.05, 0.1) is 11.4 Å². The highest BCUT2D eigenvalue weighted by molar-refractivity contribution is 7.89. The van der Waals surface area contributed by atoms with E-state index in [2.05, 4.69) is 14.9 Å². The van der Waals surface area contributed by atoms with Crippen LogP contribution in [0, 0.1) is 13.8 Å². The molecular formula is C8H15N3O2S. The number of hydrogen-bond acceptors (Lipinski definition) is 3. The number of nitrogens with zero attached hydrogens (tertiary/aromatic N) is 1. The summed E-state index contributed by atoms with van der Waals surface area (Å²) in [5.41, 5.74) is 1.06. The fourth-order valence-corrected chi connectivity index (χ4v) is 2.93. The summed E-state index contributed by atoms with van der Waals surface area (Å²) in [5.74, 6) is 0. The van der Waals surface area contributed by atoms with Crippen molar-refractivity contribution in [2.45, 2.75) is 38.6 Å². The minimum Gasteiger partial charge on any atom is -0.281 e. The molecule has 80 valence electrons. The standard InChI is InChI=1S/C8H15N3O2S/c1-5(2)11-14(12,13)8-6(3)9-10-7(8)4/h5,11H,1-4H3,(H,9,10). The van der Waals surface area contributed by atoms with Crippen molar-refractivity contribution in [1.29, 1.82) is 0 Å². The second-order valence-electron chi connectivity index (χ2n) is 3.54. The molecule has 6 heteroatoms. The Morgan fingerprint density at radius 1 is 1.36 bits per heavy atom. The third kappa shape index (κ3) is 2.13. The van der Waals surface area contributed by atoms with Crippen LogP contribution in [0.3, 0.4) is 0 Å². The fraction of sp³-hybridized carbons (Fsp3) is 0.625. The minimum atomic E-state index is -3.42. The van der Waals surface area contributed by atoms with Crippen molar-refractivity contribution >= 4 is 10.0 Å². The van der Waals surface area contributed by atoms with Gasteiger partial charge in [0.2, 0.25) is 10.0 Å². The molecule has 0 spiro atoms. The van der Waals surface area contributed by atoms with Crippen LogP contribution in [0.5, 0.6) is 0 Å². The molecule has 14 heavy (non-hydrogen) atoms. The van der Waals surface area contributed by atoms with E-state index in [0.717, 1.165) is 0 Å². The van der Waals surface area contributed by atoms with Crippen LogP contribution in [-0.2, 0) is 10.0 Å². The van der Waals surface area contributed by atoms with Gasteiger partial charge in [0.25, 0.3) is 0 Å². The lowest BCUT2D eigenvalue weighted by Gasteiger charge is -2.09. The van der Waals surface area contributed by atoms with Crippen LogP contribution in [0.2, 0.25) is 0 Å². The first-order valence-corrected chi connectivity index (χ1v) is 5.87. The molecular weight excluding hydrogens is 202 g/mol. The highest BCUT2D eigenvalue weighted by Gasteiger charge is 2.22. The molecule has 0 aliphatic carbocycles. The van der Waals surface area contributed by atoms with E-state index in [4.69, 9.17) is 0 Å². The maximum atomic E-state index is 11.8. The summed E-state index contributed by atoms with van der Waals surface area (Å²) in [6.45, 7) is 6.91. The molecule has 0 radical (unpaired) electrons. The van der Waals surface area contributed by atoms with Gasteiger partial charge in [0.1, 0.15) is 4.90 Å². The lowest BCUT2D eigenvalue weighted by Crippen LogP contribution is -2.30. The summed E-state index contributed by atoms with van der Waals surface area (Å²) in [7, 11) is -3.42. The zero-order valence-electron chi connectivity index (χ0n) is 8.75. The highest BCUT2D eigenvalue weighted by Crippen LogP contribution is 2.16. The molecule has 0 saturated heterocycles. The Morgan fingerprint density at radius 2 is 1.93 bits per heavy atom. The molecule has 1 rings (SSSR count). The Balaban J connectivity index is 3.17. The second kappa shape index (κ2) is 3.70. The van der Waals surface area contributed by atoms with Gasteiger partial charge in [-0.2, -0.15) is 5.10 Å². The molecule has 0 saturated carbocycles. The molecule has 0 amide bonds. The van der Waals surface area contributed by atoms with Crippen LogP contribution >= 0.6 is 0 Å². The van der Waals surface area contributed by atoms with E-state index < -0.39 is 10.0 Å². The average molecular weight is 217 g/mol. The first-order valence-electron chi connectivity index (χ1n) is 4.38. The van der Waals surface area contributed by atoms with E-state index in [-0.39, 0.29) is 10.9 Å². The van der Waals surface area contributed by atoms with E-state index in [0.29, 0.717) is 11.4 Å². The average Bonchev–Trinajstić information content (AvgIpc) is 2.27. The van der Waals surface area contributed by atoms with Gasteiger partial charge >= 0.3 is 0 Å². The van der Waals surface area contributed by atoms with Gasteiger partial charge in [-0.25, -0.2) is 13.1 Å². The fourth-order valence-electron chi connectivity index (χ4n) is 1.31. The Labute approximate surface area is 84.0 Å². The summed E-state index contributed by atoms with van der Waals surface area (Å²) in [6, 6.07) is -0.117. The topological polar surface area (TPSA) is 74.8 Å². The lowest BCUT2D eigenvalue weighted by atomic mass is 10.4. The van der Waals surface area contributed by atoms with Crippen LogP contribution in [0.1, 0.15) is 25.2 Å². The molecule has 0 fully saturated rings. The minimum absolute atomic E-state index is 0.117. The molecule has 0 aromatic carbocycles. The van der Waals surface area contributed by atoms with Crippen molar-refractivity contribution in [3.8, 4) is 0 Å². The quantitative estimate of drug-likeness (QED) is 0.783. The Kier molecular flexibility index (Phi) is 2.96. The van der Waals surface area contributed by atoms with E-state index in [1.807, 2.05) is 0 Å². The zero-order chi connectivity index (χ0) is 10.9. The van der Waals surface area contributed by atoms with Crippen LogP contribution < -0.4 is 4.72 Å². The zero-order valence-corrected chi connectivity index (χ0v) is 9.57. The predicted octanol–water partition coefficient (Wildman–Crippen LogP) is 0.713. The van der Waals surface area contributed by atoms with Gasteiger partial charge in [-0.1, -0.05) is 0 Å². The van der Waals surface area contributed by atoms with Crippen LogP contribution in [-0.4, -0.2) is 24.7 Å². The predicted molar refractivity (Wildman–Crippen MR) is 53.5 cm³/mol. The number of aromatic amines is 1.